The Morgan fingerprint density at radius 3 is 2.30 bits per heavy atom. The molecule has 4 N–H and O–H groups in total. The van der Waals surface area contributed by atoms with Crippen molar-refractivity contribution in [2.45, 2.75) is 31.3 Å². The van der Waals surface area contributed by atoms with Crippen molar-refractivity contribution < 1.29 is 14.3 Å². The molecule has 0 aromatic heterocycles. The minimum Gasteiger partial charge on any atom is -0.381 e. The van der Waals surface area contributed by atoms with E-state index in [0.29, 0.717) is 24.5 Å². The molecule has 27 heavy (non-hydrogen) atoms. The Kier molecular flexibility index (Phi) is 5.88. The van der Waals surface area contributed by atoms with E-state index in [1.807, 2.05) is 30.3 Å². The van der Waals surface area contributed by atoms with Gasteiger partial charge in [-0.15, -0.1) is 0 Å². The maximum absolute atomic E-state index is 12.6. The minimum atomic E-state index is -1.15. The predicted octanol–water partition coefficient (Wildman–Crippen LogP) is 2.41. The van der Waals surface area contributed by atoms with Crippen molar-refractivity contribution >= 4 is 17.5 Å². The number of hydrogen-bond acceptors (Lipinski definition) is 4. The Balaban J connectivity index is 1.61. The average Bonchev–Trinajstić information content (AvgIpc) is 2.70. The fraction of sp³-hybridized carbons (Fsp3) is 0.333. The van der Waals surface area contributed by atoms with E-state index in [2.05, 4.69) is 10.6 Å². The lowest BCUT2D eigenvalue weighted by atomic mass is 9.92. The lowest BCUT2D eigenvalue weighted by molar-refractivity contribution is -0.120. The van der Waals surface area contributed by atoms with Gasteiger partial charge in [-0.2, -0.15) is 0 Å². The standard InChI is InChI=1S/C21H25N3O3/c1-21(22,16-5-3-2-4-6-16)20(26)24-17-9-7-15(8-10-17)19(25)23-18-11-13-27-14-12-18/h2-10,18H,11-14,22H2,1H3,(H,23,25)(H,24,26). The molecular weight excluding hydrogens is 342 g/mol. The van der Waals surface area contributed by atoms with Crippen molar-refractivity contribution in [3.05, 3.63) is 65.7 Å². The van der Waals surface area contributed by atoms with E-state index < -0.39 is 5.54 Å². The number of rotatable bonds is 5. The van der Waals surface area contributed by atoms with Gasteiger partial charge in [0.1, 0.15) is 5.54 Å². The second-order valence-corrected chi connectivity index (χ2v) is 6.96. The summed E-state index contributed by atoms with van der Waals surface area (Å²) >= 11 is 0. The molecule has 1 aliphatic rings. The van der Waals surface area contributed by atoms with Crippen LogP contribution in [0.15, 0.2) is 54.6 Å². The molecular formula is C21H25N3O3. The number of anilines is 1. The molecule has 1 atom stereocenters. The zero-order valence-corrected chi connectivity index (χ0v) is 15.4. The van der Waals surface area contributed by atoms with Crippen LogP contribution in [0.25, 0.3) is 0 Å². The molecule has 2 aromatic carbocycles. The Morgan fingerprint density at radius 1 is 1.04 bits per heavy atom. The third-order valence-corrected chi connectivity index (χ3v) is 4.81. The smallest absolute Gasteiger partial charge is 0.251 e. The lowest BCUT2D eigenvalue weighted by Gasteiger charge is -2.24. The number of nitrogens with one attached hydrogen (secondary N) is 2. The topological polar surface area (TPSA) is 93.5 Å². The van der Waals surface area contributed by atoms with Crippen LogP contribution < -0.4 is 16.4 Å². The Labute approximate surface area is 159 Å². The molecule has 6 nitrogen and oxygen atoms in total. The quantitative estimate of drug-likeness (QED) is 0.756. The van der Waals surface area contributed by atoms with E-state index in [-0.39, 0.29) is 17.9 Å². The number of carbonyl (C=O) groups excluding carboxylic acids is 2. The largest absolute Gasteiger partial charge is 0.381 e. The highest BCUT2D eigenvalue weighted by Crippen LogP contribution is 2.20. The van der Waals surface area contributed by atoms with Gasteiger partial charge in [0, 0.05) is 30.5 Å². The summed E-state index contributed by atoms with van der Waals surface area (Å²) in [7, 11) is 0. The van der Waals surface area contributed by atoms with Gasteiger partial charge >= 0.3 is 0 Å². The van der Waals surface area contributed by atoms with Gasteiger partial charge in [0.05, 0.1) is 0 Å². The number of hydrogen-bond donors (Lipinski definition) is 3. The summed E-state index contributed by atoms with van der Waals surface area (Å²) in [5.74, 6) is -0.430. The molecule has 0 aliphatic carbocycles. The molecule has 142 valence electrons. The second-order valence-electron chi connectivity index (χ2n) is 6.96. The van der Waals surface area contributed by atoms with Crippen molar-refractivity contribution in [3.63, 3.8) is 0 Å². The average molecular weight is 367 g/mol. The van der Waals surface area contributed by atoms with Crippen LogP contribution >= 0.6 is 0 Å². The summed E-state index contributed by atoms with van der Waals surface area (Å²) in [4.78, 5) is 24.9. The van der Waals surface area contributed by atoms with Gasteiger partial charge < -0.3 is 21.1 Å². The first-order valence-electron chi connectivity index (χ1n) is 9.11. The van der Waals surface area contributed by atoms with Gasteiger partial charge in [-0.1, -0.05) is 30.3 Å². The minimum absolute atomic E-state index is 0.118. The zero-order chi connectivity index (χ0) is 19.3. The van der Waals surface area contributed by atoms with E-state index in [9.17, 15) is 9.59 Å². The van der Waals surface area contributed by atoms with Gasteiger partial charge in [-0.3, -0.25) is 9.59 Å². The van der Waals surface area contributed by atoms with Crippen molar-refractivity contribution in [2.24, 2.45) is 5.73 Å². The third kappa shape index (κ3) is 4.72. The molecule has 2 aromatic rings. The van der Waals surface area contributed by atoms with Crippen LogP contribution in [0.3, 0.4) is 0 Å². The molecule has 1 aliphatic heterocycles. The van der Waals surface area contributed by atoms with Gasteiger partial charge in [-0.25, -0.2) is 0 Å². The fourth-order valence-corrected chi connectivity index (χ4v) is 2.99. The highest BCUT2D eigenvalue weighted by atomic mass is 16.5. The van der Waals surface area contributed by atoms with E-state index in [0.717, 1.165) is 18.4 Å². The number of amides is 2. The van der Waals surface area contributed by atoms with E-state index in [4.69, 9.17) is 10.5 Å². The van der Waals surface area contributed by atoms with Crippen LogP contribution in [-0.2, 0) is 15.1 Å². The predicted molar refractivity (Wildman–Crippen MR) is 104 cm³/mol. The van der Waals surface area contributed by atoms with Crippen molar-refractivity contribution in [1.29, 1.82) is 0 Å². The van der Waals surface area contributed by atoms with E-state index in [1.54, 1.807) is 31.2 Å². The van der Waals surface area contributed by atoms with Gasteiger partial charge in [0.15, 0.2) is 0 Å². The van der Waals surface area contributed by atoms with Crippen LogP contribution in [0.5, 0.6) is 0 Å². The number of benzene rings is 2. The summed E-state index contributed by atoms with van der Waals surface area (Å²) in [6.07, 6.45) is 1.66. The molecule has 3 rings (SSSR count). The summed E-state index contributed by atoms with van der Waals surface area (Å²) < 4.78 is 5.30. The maximum atomic E-state index is 12.6. The molecule has 0 bridgehead atoms. The number of nitrogens with two attached hydrogens (primary N) is 1. The fourth-order valence-electron chi connectivity index (χ4n) is 2.99. The second kappa shape index (κ2) is 8.33. The molecule has 1 heterocycles. The molecule has 6 heteroatoms. The first-order valence-corrected chi connectivity index (χ1v) is 9.11. The highest BCUT2D eigenvalue weighted by Gasteiger charge is 2.30. The van der Waals surface area contributed by atoms with Crippen LogP contribution in [0, 0.1) is 0 Å². The molecule has 0 saturated carbocycles. The van der Waals surface area contributed by atoms with Gasteiger partial charge in [0.25, 0.3) is 5.91 Å². The number of carbonyl (C=O) groups is 2. The van der Waals surface area contributed by atoms with Crippen molar-refractivity contribution in [2.75, 3.05) is 18.5 Å². The molecule has 1 saturated heterocycles. The van der Waals surface area contributed by atoms with Crippen LogP contribution in [-0.4, -0.2) is 31.1 Å². The Hall–Kier alpha value is -2.70. The monoisotopic (exact) mass is 367 g/mol. The van der Waals surface area contributed by atoms with E-state index >= 15 is 0 Å². The first kappa shape index (κ1) is 19.1. The summed E-state index contributed by atoms with van der Waals surface area (Å²) in [5, 5.41) is 5.83. The first-order chi connectivity index (χ1) is 13.0. The molecule has 1 unspecified atom stereocenters. The van der Waals surface area contributed by atoms with Crippen LogP contribution in [0.4, 0.5) is 5.69 Å². The third-order valence-electron chi connectivity index (χ3n) is 4.81. The summed E-state index contributed by atoms with van der Waals surface area (Å²) in [6.45, 7) is 3.03. The molecule has 0 radical (unpaired) electrons. The van der Waals surface area contributed by atoms with Crippen molar-refractivity contribution in [3.8, 4) is 0 Å². The Bertz CT molecular complexity index is 782. The maximum Gasteiger partial charge on any atom is 0.251 e. The van der Waals surface area contributed by atoms with Gasteiger partial charge in [-0.05, 0) is 49.6 Å². The molecule has 1 fully saturated rings. The molecule has 2 amide bonds. The zero-order valence-electron chi connectivity index (χ0n) is 15.4. The summed E-state index contributed by atoms with van der Waals surface area (Å²) in [6, 6.07) is 16.2. The lowest BCUT2D eigenvalue weighted by Crippen LogP contribution is -2.45. The Morgan fingerprint density at radius 2 is 1.67 bits per heavy atom. The van der Waals surface area contributed by atoms with E-state index in [1.165, 1.54) is 0 Å². The van der Waals surface area contributed by atoms with Crippen molar-refractivity contribution in [1.82, 2.24) is 5.32 Å². The number of ether oxygens (including phenoxy) is 1. The summed E-state index contributed by atoms with van der Waals surface area (Å²) in [5.41, 5.74) is 6.95. The highest BCUT2D eigenvalue weighted by molar-refractivity contribution is 5.99. The normalized spacial score (nSPS) is 17.0. The van der Waals surface area contributed by atoms with Crippen LogP contribution in [0.2, 0.25) is 0 Å². The van der Waals surface area contributed by atoms with Gasteiger partial charge in [0.2, 0.25) is 5.91 Å². The van der Waals surface area contributed by atoms with Crippen LogP contribution in [0.1, 0.15) is 35.7 Å². The SMILES string of the molecule is CC(N)(C(=O)Nc1ccc(C(=O)NC2CCOCC2)cc1)c1ccccc1. The molecule has 0 spiro atoms.